The van der Waals surface area contributed by atoms with Gasteiger partial charge in [-0.2, -0.15) is 5.10 Å². The fourth-order valence-corrected chi connectivity index (χ4v) is 4.16. The molecule has 0 radical (unpaired) electrons. The Morgan fingerprint density at radius 1 is 1.31 bits per heavy atom. The molecule has 2 N–H and O–H groups in total. The number of sulfonamides is 1. The van der Waals surface area contributed by atoms with Gasteiger partial charge in [-0.25, -0.2) is 13.8 Å². The third-order valence-corrected chi connectivity index (χ3v) is 5.77. The number of aromatic hydroxyl groups is 1. The molecule has 0 spiro atoms. The molecule has 2 aromatic rings. The van der Waals surface area contributed by atoms with Crippen molar-refractivity contribution in [2.75, 3.05) is 24.2 Å². The summed E-state index contributed by atoms with van der Waals surface area (Å²) in [5, 5.41) is 13.7. The SMILES string of the molecule is COc1cc(/C=N\NC(=O)CN(c2c(C)cccc2C)S(C)(=O)=O)cc(Br)c1O. The van der Waals surface area contributed by atoms with E-state index >= 15 is 0 Å². The summed E-state index contributed by atoms with van der Waals surface area (Å²) in [7, 11) is -2.27. The fourth-order valence-electron chi connectivity index (χ4n) is 2.73. The summed E-state index contributed by atoms with van der Waals surface area (Å²) in [4.78, 5) is 12.3. The van der Waals surface area contributed by atoms with Crippen LogP contribution < -0.4 is 14.5 Å². The van der Waals surface area contributed by atoms with Gasteiger partial charge < -0.3 is 9.84 Å². The lowest BCUT2D eigenvalue weighted by molar-refractivity contribution is -0.119. The zero-order valence-corrected chi connectivity index (χ0v) is 18.8. The van der Waals surface area contributed by atoms with E-state index in [9.17, 15) is 18.3 Å². The normalized spacial score (nSPS) is 11.5. The summed E-state index contributed by atoms with van der Waals surface area (Å²) in [6.07, 6.45) is 2.41. The smallest absolute Gasteiger partial charge is 0.260 e. The summed E-state index contributed by atoms with van der Waals surface area (Å²) in [6.45, 7) is 3.16. The van der Waals surface area contributed by atoms with E-state index < -0.39 is 22.5 Å². The molecule has 2 aromatic carbocycles. The molecule has 29 heavy (non-hydrogen) atoms. The van der Waals surface area contributed by atoms with Crippen molar-refractivity contribution < 1.29 is 23.1 Å². The Kier molecular flexibility index (Phi) is 7.26. The average Bonchev–Trinajstić information content (AvgIpc) is 2.62. The van der Waals surface area contributed by atoms with E-state index in [4.69, 9.17) is 4.74 Å². The number of rotatable bonds is 7. The maximum absolute atomic E-state index is 12.3. The van der Waals surface area contributed by atoms with Gasteiger partial charge in [0.05, 0.1) is 29.7 Å². The van der Waals surface area contributed by atoms with Gasteiger partial charge in [0.1, 0.15) is 6.54 Å². The van der Waals surface area contributed by atoms with Crippen molar-refractivity contribution in [1.29, 1.82) is 0 Å². The molecule has 0 aliphatic heterocycles. The number of phenolic OH excluding ortho intramolecular Hbond substituents is 1. The zero-order chi connectivity index (χ0) is 21.8. The molecule has 0 aromatic heterocycles. The fraction of sp³-hybridized carbons (Fsp3) is 0.263. The molecule has 10 heteroatoms. The van der Waals surface area contributed by atoms with E-state index in [1.807, 2.05) is 6.07 Å². The van der Waals surface area contributed by atoms with Gasteiger partial charge in [-0.1, -0.05) is 18.2 Å². The standard InChI is InChI=1S/C19H22BrN3O5S/c1-12-6-5-7-13(2)18(12)23(29(4,26)27)11-17(24)22-21-10-14-8-15(20)19(25)16(9-14)28-3/h5-10,25H,11H2,1-4H3,(H,22,24)/b21-10-. The van der Waals surface area contributed by atoms with Crippen LogP contribution in [-0.4, -0.2) is 45.6 Å². The number of aryl methyl sites for hydroxylation is 2. The first kappa shape index (κ1) is 22.7. The molecule has 156 valence electrons. The predicted octanol–water partition coefficient (Wildman–Crippen LogP) is 2.70. The Hall–Kier alpha value is -2.59. The quantitative estimate of drug-likeness (QED) is 0.464. The largest absolute Gasteiger partial charge is 0.503 e. The Morgan fingerprint density at radius 3 is 2.48 bits per heavy atom. The minimum Gasteiger partial charge on any atom is -0.503 e. The van der Waals surface area contributed by atoms with Crippen molar-refractivity contribution in [1.82, 2.24) is 5.43 Å². The van der Waals surface area contributed by atoms with Crippen LogP contribution >= 0.6 is 15.9 Å². The molecule has 2 rings (SSSR count). The molecule has 0 bridgehead atoms. The van der Waals surface area contributed by atoms with Crippen molar-refractivity contribution in [2.45, 2.75) is 13.8 Å². The van der Waals surface area contributed by atoms with E-state index in [0.29, 0.717) is 15.7 Å². The lowest BCUT2D eigenvalue weighted by Crippen LogP contribution is -2.39. The average molecular weight is 484 g/mol. The number of nitrogens with one attached hydrogen (secondary N) is 1. The van der Waals surface area contributed by atoms with Gasteiger partial charge in [0.15, 0.2) is 11.5 Å². The van der Waals surface area contributed by atoms with Crippen molar-refractivity contribution in [2.24, 2.45) is 5.10 Å². The molecule has 0 saturated carbocycles. The van der Waals surface area contributed by atoms with Crippen LogP contribution in [0, 0.1) is 13.8 Å². The Morgan fingerprint density at radius 2 is 1.93 bits per heavy atom. The highest BCUT2D eigenvalue weighted by Gasteiger charge is 2.23. The monoisotopic (exact) mass is 483 g/mol. The van der Waals surface area contributed by atoms with Crippen molar-refractivity contribution in [3.05, 3.63) is 51.5 Å². The Labute approximate surface area is 178 Å². The van der Waals surface area contributed by atoms with Crippen LogP contribution in [0.4, 0.5) is 5.69 Å². The molecule has 8 nitrogen and oxygen atoms in total. The number of halogens is 1. The summed E-state index contributed by atoms with van der Waals surface area (Å²) >= 11 is 3.20. The third-order valence-electron chi connectivity index (χ3n) is 4.05. The number of carbonyl (C=O) groups excluding carboxylic acids is 1. The number of para-hydroxylation sites is 1. The number of nitrogens with zero attached hydrogens (tertiary/aromatic N) is 2. The van der Waals surface area contributed by atoms with E-state index in [2.05, 4.69) is 26.5 Å². The summed E-state index contributed by atoms with van der Waals surface area (Å²) in [6, 6.07) is 8.52. The summed E-state index contributed by atoms with van der Waals surface area (Å²) in [5.74, 6) is -0.407. The van der Waals surface area contributed by atoms with Gasteiger partial charge in [0.2, 0.25) is 10.0 Å². The van der Waals surface area contributed by atoms with Crippen molar-refractivity contribution >= 4 is 43.8 Å². The van der Waals surface area contributed by atoms with Gasteiger partial charge in [-0.15, -0.1) is 0 Å². The van der Waals surface area contributed by atoms with Crippen LogP contribution in [0.3, 0.4) is 0 Å². The number of anilines is 1. The van der Waals surface area contributed by atoms with Gasteiger partial charge in [0.25, 0.3) is 5.91 Å². The molecule has 0 unspecified atom stereocenters. The highest BCUT2D eigenvalue weighted by Crippen LogP contribution is 2.34. The number of amides is 1. The number of benzene rings is 2. The van der Waals surface area contributed by atoms with Gasteiger partial charge >= 0.3 is 0 Å². The highest BCUT2D eigenvalue weighted by molar-refractivity contribution is 9.10. The van der Waals surface area contributed by atoms with Crippen LogP contribution in [0.2, 0.25) is 0 Å². The van der Waals surface area contributed by atoms with Crippen molar-refractivity contribution in [3.8, 4) is 11.5 Å². The maximum Gasteiger partial charge on any atom is 0.260 e. The molecule has 0 atom stereocenters. The number of hydrazone groups is 1. The summed E-state index contributed by atoms with van der Waals surface area (Å²) in [5.41, 5.74) is 4.84. The first-order chi connectivity index (χ1) is 13.5. The van der Waals surface area contributed by atoms with Crippen LogP contribution in [0.25, 0.3) is 0 Å². The lowest BCUT2D eigenvalue weighted by Gasteiger charge is -2.25. The van der Waals surface area contributed by atoms with E-state index in [-0.39, 0.29) is 11.5 Å². The van der Waals surface area contributed by atoms with E-state index in [1.54, 1.807) is 32.0 Å². The number of hydrogen-bond acceptors (Lipinski definition) is 6. The molecule has 0 saturated heterocycles. The minimum absolute atomic E-state index is 0.0499. The molecule has 1 amide bonds. The third kappa shape index (κ3) is 5.70. The zero-order valence-electron chi connectivity index (χ0n) is 16.4. The number of carbonyl (C=O) groups is 1. The van der Waals surface area contributed by atoms with Gasteiger partial charge in [0, 0.05) is 0 Å². The van der Waals surface area contributed by atoms with Crippen LogP contribution in [0.1, 0.15) is 16.7 Å². The number of hydrogen-bond donors (Lipinski definition) is 2. The second kappa shape index (κ2) is 9.27. The van der Waals surface area contributed by atoms with E-state index in [0.717, 1.165) is 21.7 Å². The molecule has 0 aliphatic rings. The first-order valence-corrected chi connectivity index (χ1v) is 11.1. The van der Waals surface area contributed by atoms with E-state index in [1.165, 1.54) is 19.4 Å². The second-order valence-electron chi connectivity index (χ2n) is 6.36. The lowest BCUT2D eigenvalue weighted by atomic mass is 10.1. The van der Waals surface area contributed by atoms with Crippen LogP contribution in [-0.2, 0) is 14.8 Å². The molecular formula is C19H22BrN3O5S. The van der Waals surface area contributed by atoms with Gasteiger partial charge in [-0.05, 0) is 58.6 Å². The predicted molar refractivity (Wildman–Crippen MR) is 116 cm³/mol. The van der Waals surface area contributed by atoms with Crippen LogP contribution in [0.15, 0.2) is 39.9 Å². The Balaban J connectivity index is 2.18. The molecular weight excluding hydrogens is 462 g/mol. The Bertz CT molecular complexity index is 1030. The topological polar surface area (TPSA) is 108 Å². The molecule has 0 heterocycles. The first-order valence-electron chi connectivity index (χ1n) is 8.47. The van der Waals surface area contributed by atoms with Crippen molar-refractivity contribution in [3.63, 3.8) is 0 Å². The molecule has 0 fully saturated rings. The second-order valence-corrected chi connectivity index (χ2v) is 9.12. The van der Waals surface area contributed by atoms with Gasteiger partial charge in [-0.3, -0.25) is 9.10 Å². The number of methoxy groups -OCH3 is 1. The minimum atomic E-state index is -3.68. The number of phenols is 1. The maximum atomic E-state index is 12.3. The molecule has 0 aliphatic carbocycles. The van der Waals surface area contributed by atoms with Crippen LogP contribution in [0.5, 0.6) is 11.5 Å². The number of ether oxygens (including phenoxy) is 1. The highest BCUT2D eigenvalue weighted by atomic mass is 79.9. The summed E-state index contributed by atoms with van der Waals surface area (Å²) < 4.78 is 31.1.